The highest BCUT2D eigenvalue weighted by Crippen LogP contribution is 2.26. The van der Waals surface area contributed by atoms with Crippen LogP contribution in [0.3, 0.4) is 0 Å². The summed E-state index contributed by atoms with van der Waals surface area (Å²) < 4.78 is 10.6. The van der Waals surface area contributed by atoms with Crippen LogP contribution in [-0.2, 0) is 4.74 Å². The number of hydrogen-bond donors (Lipinski definition) is 4. The van der Waals surface area contributed by atoms with E-state index < -0.39 is 37.1 Å². The molecule has 1 aliphatic rings. The largest absolute Gasteiger partial charge is 0.461 e. The molecular weight excluding hydrogens is 268 g/mol. The summed E-state index contributed by atoms with van der Waals surface area (Å²) in [7, 11) is 1.46. The minimum atomic E-state index is -1.32. The third-order valence-corrected chi connectivity index (χ3v) is 2.99. The molecule has 1 amide bonds. The van der Waals surface area contributed by atoms with Gasteiger partial charge in [0.15, 0.2) is 0 Å². The van der Waals surface area contributed by atoms with Crippen LogP contribution in [0.1, 0.15) is 10.4 Å². The van der Waals surface area contributed by atoms with E-state index in [0.29, 0.717) is 0 Å². The standard InChI is InChI=1S/C12H16N2O6/c1-13-11(18)6-4-14-3-2-7(6)19-12-10(17)9(16)8(5-15)20-12/h2-4,8-10,12,15-17H,5H2,1H3,(H,13,18)/t8-,9-,10-,12?/m1/s1. The first kappa shape index (κ1) is 14.7. The number of nitrogens with zero attached hydrogens (tertiary/aromatic N) is 1. The van der Waals surface area contributed by atoms with Gasteiger partial charge in [-0.15, -0.1) is 0 Å². The van der Waals surface area contributed by atoms with Crippen LogP contribution >= 0.6 is 0 Å². The molecule has 1 aromatic heterocycles. The third-order valence-electron chi connectivity index (χ3n) is 2.99. The van der Waals surface area contributed by atoms with Gasteiger partial charge in [0.1, 0.15) is 24.1 Å². The highest BCUT2D eigenvalue weighted by Gasteiger charge is 2.44. The smallest absolute Gasteiger partial charge is 0.256 e. The van der Waals surface area contributed by atoms with E-state index in [1.165, 1.54) is 25.5 Å². The van der Waals surface area contributed by atoms with Crippen LogP contribution in [0, 0.1) is 0 Å². The Balaban J connectivity index is 2.17. The molecular formula is C12H16N2O6. The zero-order chi connectivity index (χ0) is 14.7. The number of aromatic nitrogens is 1. The van der Waals surface area contributed by atoms with E-state index in [9.17, 15) is 15.0 Å². The van der Waals surface area contributed by atoms with E-state index in [-0.39, 0.29) is 11.3 Å². The van der Waals surface area contributed by atoms with E-state index in [1.54, 1.807) is 0 Å². The van der Waals surface area contributed by atoms with Crippen molar-refractivity contribution in [2.24, 2.45) is 0 Å². The normalized spacial score (nSPS) is 29.2. The highest BCUT2D eigenvalue weighted by atomic mass is 16.7. The van der Waals surface area contributed by atoms with Crippen LogP contribution in [0.2, 0.25) is 0 Å². The summed E-state index contributed by atoms with van der Waals surface area (Å²) >= 11 is 0. The van der Waals surface area contributed by atoms with Gasteiger partial charge in [-0.2, -0.15) is 0 Å². The molecule has 1 aromatic rings. The first-order chi connectivity index (χ1) is 9.58. The summed E-state index contributed by atoms with van der Waals surface area (Å²) in [6.45, 7) is -0.448. The third kappa shape index (κ3) is 2.73. The lowest BCUT2D eigenvalue weighted by atomic mass is 10.1. The average molecular weight is 284 g/mol. The van der Waals surface area contributed by atoms with Crippen molar-refractivity contribution in [3.63, 3.8) is 0 Å². The molecule has 2 rings (SSSR count). The van der Waals surface area contributed by atoms with Crippen LogP contribution in [-0.4, -0.2) is 64.5 Å². The predicted octanol–water partition coefficient (Wildman–Crippen LogP) is -1.74. The molecule has 110 valence electrons. The molecule has 0 saturated carbocycles. The molecule has 0 aliphatic carbocycles. The molecule has 8 heteroatoms. The molecule has 1 aliphatic heterocycles. The van der Waals surface area contributed by atoms with Gasteiger partial charge in [0.2, 0.25) is 6.29 Å². The maximum Gasteiger partial charge on any atom is 0.256 e. The second-order valence-corrected chi connectivity index (χ2v) is 4.28. The van der Waals surface area contributed by atoms with Crippen molar-refractivity contribution in [2.75, 3.05) is 13.7 Å². The van der Waals surface area contributed by atoms with Gasteiger partial charge in [-0.25, -0.2) is 0 Å². The zero-order valence-corrected chi connectivity index (χ0v) is 10.8. The molecule has 1 saturated heterocycles. The van der Waals surface area contributed by atoms with E-state index in [2.05, 4.69) is 10.3 Å². The molecule has 0 radical (unpaired) electrons. The Kier molecular flexibility index (Phi) is 4.50. The molecule has 1 unspecified atom stereocenters. The van der Waals surface area contributed by atoms with Gasteiger partial charge in [0.25, 0.3) is 5.91 Å². The lowest BCUT2D eigenvalue weighted by Crippen LogP contribution is -2.36. The van der Waals surface area contributed by atoms with Crippen molar-refractivity contribution in [2.45, 2.75) is 24.6 Å². The van der Waals surface area contributed by atoms with E-state index in [1.807, 2.05) is 0 Å². The minimum Gasteiger partial charge on any atom is -0.461 e. The fourth-order valence-corrected chi connectivity index (χ4v) is 1.88. The van der Waals surface area contributed by atoms with E-state index in [0.717, 1.165) is 0 Å². The van der Waals surface area contributed by atoms with Crippen LogP contribution in [0.15, 0.2) is 18.5 Å². The van der Waals surface area contributed by atoms with Crippen molar-refractivity contribution in [3.05, 3.63) is 24.0 Å². The molecule has 0 aromatic carbocycles. The zero-order valence-electron chi connectivity index (χ0n) is 10.8. The quantitative estimate of drug-likeness (QED) is 0.518. The maximum atomic E-state index is 11.7. The van der Waals surface area contributed by atoms with Gasteiger partial charge in [-0.05, 0) is 6.07 Å². The minimum absolute atomic E-state index is 0.161. The summed E-state index contributed by atoms with van der Waals surface area (Å²) in [6.07, 6.45) is -1.94. The van der Waals surface area contributed by atoms with E-state index >= 15 is 0 Å². The SMILES string of the molecule is CNC(=O)c1cnccc1OC1O[C@H](CO)[C@@H](O)[C@H]1O. The van der Waals surface area contributed by atoms with Crippen molar-refractivity contribution in [1.29, 1.82) is 0 Å². The first-order valence-corrected chi connectivity index (χ1v) is 6.03. The Hall–Kier alpha value is -1.74. The van der Waals surface area contributed by atoms with Crippen molar-refractivity contribution in [3.8, 4) is 5.75 Å². The summed E-state index contributed by atoms with van der Waals surface area (Å²) in [6, 6.07) is 1.44. The van der Waals surface area contributed by atoms with Crippen LogP contribution in [0.25, 0.3) is 0 Å². The molecule has 20 heavy (non-hydrogen) atoms. The molecule has 4 atom stereocenters. The number of aliphatic hydroxyl groups excluding tert-OH is 3. The number of nitrogens with one attached hydrogen (secondary N) is 1. The first-order valence-electron chi connectivity index (χ1n) is 6.03. The molecule has 0 spiro atoms. The van der Waals surface area contributed by atoms with Gasteiger partial charge in [-0.3, -0.25) is 9.78 Å². The topological polar surface area (TPSA) is 121 Å². The van der Waals surface area contributed by atoms with Crippen LogP contribution in [0.4, 0.5) is 0 Å². The summed E-state index contributed by atoms with van der Waals surface area (Å²) in [5.74, 6) is -0.242. The van der Waals surface area contributed by atoms with Gasteiger partial charge in [0, 0.05) is 19.4 Å². The number of amides is 1. The van der Waals surface area contributed by atoms with Crippen molar-refractivity contribution >= 4 is 5.91 Å². The lowest BCUT2D eigenvalue weighted by Gasteiger charge is -2.18. The molecule has 2 heterocycles. The Bertz CT molecular complexity index is 483. The maximum absolute atomic E-state index is 11.7. The van der Waals surface area contributed by atoms with Crippen molar-refractivity contribution < 1.29 is 29.6 Å². The summed E-state index contributed by atoms with van der Waals surface area (Å²) in [4.78, 5) is 15.5. The number of rotatable bonds is 4. The number of carbonyl (C=O) groups is 1. The summed E-state index contributed by atoms with van der Waals surface area (Å²) in [5.41, 5.74) is 0.174. The van der Waals surface area contributed by atoms with Crippen LogP contribution < -0.4 is 10.1 Å². The van der Waals surface area contributed by atoms with Gasteiger partial charge < -0.3 is 30.1 Å². The van der Waals surface area contributed by atoms with E-state index in [4.69, 9.17) is 14.6 Å². The molecule has 4 N–H and O–H groups in total. The highest BCUT2D eigenvalue weighted by molar-refractivity contribution is 5.96. The molecule has 0 bridgehead atoms. The Labute approximate surface area is 115 Å². The Morgan fingerprint density at radius 2 is 2.25 bits per heavy atom. The fourth-order valence-electron chi connectivity index (χ4n) is 1.88. The molecule has 1 fully saturated rings. The second kappa shape index (κ2) is 6.14. The van der Waals surface area contributed by atoms with Gasteiger partial charge >= 0.3 is 0 Å². The van der Waals surface area contributed by atoms with Crippen LogP contribution in [0.5, 0.6) is 5.75 Å². The fraction of sp³-hybridized carbons (Fsp3) is 0.500. The van der Waals surface area contributed by atoms with Gasteiger partial charge in [0.05, 0.1) is 12.2 Å². The average Bonchev–Trinajstić information content (AvgIpc) is 2.75. The Morgan fingerprint density at radius 1 is 1.50 bits per heavy atom. The molecule has 8 nitrogen and oxygen atoms in total. The second-order valence-electron chi connectivity index (χ2n) is 4.28. The number of aliphatic hydroxyl groups is 3. The van der Waals surface area contributed by atoms with Gasteiger partial charge in [-0.1, -0.05) is 0 Å². The number of hydrogen-bond acceptors (Lipinski definition) is 7. The number of ether oxygens (including phenoxy) is 2. The van der Waals surface area contributed by atoms with Crippen molar-refractivity contribution in [1.82, 2.24) is 10.3 Å². The Morgan fingerprint density at radius 3 is 2.85 bits per heavy atom. The number of pyridine rings is 1. The number of carbonyl (C=O) groups excluding carboxylic acids is 1. The predicted molar refractivity (Wildman–Crippen MR) is 66.0 cm³/mol. The lowest BCUT2D eigenvalue weighted by molar-refractivity contribution is -0.116. The monoisotopic (exact) mass is 284 g/mol. The summed E-state index contributed by atoms with van der Waals surface area (Å²) in [5, 5.41) is 30.8.